The lowest BCUT2D eigenvalue weighted by molar-refractivity contribution is -0.0671. The summed E-state index contributed by atoms with van der Waals surface area (Å²) in [5, 5.41) is 9.60. The third-order valence-corrected chi connectivity index (χ3v) is 8.59. The van der Waals surface area contributed by atoms with Crippen molar-refractivity contribution in [2.45, 2.75) is 96.3 Å². The number of hydrogen-bond donors (Lipinski definition) is 1. The number of carboxylic acids is 1. The third-order valence-electron chi connectivity index (χ3n) is 8.59. The summed E-state index contributed by atoms with van der Waals surface area (Å²) in [6, 6.07) is 9.16. The summed E-state index contributed by atoms with van der Waals surface area (Å²) >= 11 is 0. The van der Waals surface area contributed by atoms with Crippen LogP contribution in [-0.4, -0.2) is 43.7 Å². The van der Waals surface area contributed by atoms with E-state index in [0.29, 0.717) is 23.6 Å². The number of fused-ring (bicyclic) bond motifs is 3. The first-order valence-electron chi connectivity index (χ1n) is 12.9. The van der Waals surface area contributed by atoms with Gasteiger partial charge in [0.1, 0.15) is 0 Å². The number of carboxylic acid groups (broad SMARTS) is 1. The predicted octanol–water partition coefficient (Wildman–Crippen LogP) is 5.11. The number of benzene rings is 1. The Morgan fingerprint density at radius 3 is 2.33 bits per heavy atom. The first-order chi connectivity index (χ1) is 15.8. The van der Waals surface area contributed by atoms with Crippen LogP contribution in [0.4, 0.5) is 0 Å². The Kier molecular flexibility index (Phi) is 6.06. The molecule has 2 bridgehead atoms. The van der Waals surface area contributed by atoms with E-state index in [-0.39, 0.29) is 11.7 Å². The minimum absolute atomic E-state index is 0.0331. The molecule has 1 saturated carbocycles. The molecule has 33 heavy (non-hydrogen) atoms. The zero-order chi connectivity index (χ0) is 23.3. The van der Waals surface area contributed by atoms with Crippen molar-refractivity contribution in [3.05, 3.63) is 40.3 Å². The van der Waals surface area contributed by atoms with Crippen LogP contribution in [0.5, 0.6) is 0 Å². The molecule has 1 aliphatic carbocycles. The van der Waals surface area contributed by atoms with Crippen LogP contribution in [0.15, 0.2) is 29.1 Å². The Balaban J connectivity index is 1.39. The summed E-state index contributed by atoms with van der Waals surface area (Å²) in [5.41, 5.74) is 0.532. The van der Waals surface area contributed by atoms with Crippen LogP contribution >= 0.6 is 0 Å². The predicted molar refractivity (Wildman–Crippen MR) is 130 cm³/mol. The van der Waals surface area contributed by atoms with Crippen LogP contribution in [0.1, 0.15) is 88.7 Å². The van der Waals surface area contributed by atoms with Gasteiger partial charge in [0, 0.05) is 24.2 Å². The van der Waals surface area contributed by atoms with Crippen molar-refractivity contribution in [3.8, 4) is 0 Å². The second-order valence-corrected chi connectivity index (χ2v) is 11.2. The molecule has 2 aliphatic heterocycles. The van der Waals surface area contributed by atoms with Crippen LogP contribution in [0.3, 0.4) is 0 Å². The number of hydrogen-bond acceptors (Lipinski definition) is 4. The number of rotatable bonds is 6. The minimum Gasteiger partial charge on any atom is -0.476 e. The largest absolute Gasteiger partial charge is 0.476 e. The molecule has 2 unspecified atom stereocenters. The lowest BCUT2D eigenvalue weighted by atomic mass is 9.68. The molecule has 4 atom stereocenters. The molecule has 1 aromatic heterocycles. The van der Waals surface area contributed by atoms with Crippen molar-refractivity contribution in [1.29, 1.82) is 0 Å². The number of para-hydroxylation sites is 2. The summed E-state index contributed by atoms with van der Waals surface area (Å²) in [5.74, 6) is 1.17. The summed E-state index contributed by atoms with van der Waals surface area (Å²) < 4.78 is 1.77. The average molecular weight is 452 g/mol. The monoisotopic (exact) mass is 451 g/mol. The van der Waals surface area contributed by atoms with Crippen LogP contribution in [0, 0.1) is 17.8 Å². The lowest BCUT2D eigenvalue weighted by Gasteiger charge is -2.57. The topological polar surface area (TPSA) is 75.4 Å². The second kappa shape index (κ2) is 8.86. The van der Waals surface area contributed by atoms with E-state index in [0.717, 1.165) is 36.1 Å². The van der Waals surface area contributed by atoms with Crippen LogP contribution in [0.2, 0.25) is 0 Å². The highest BCUT2D eigenvalue weighted by molar-refractivity contribution is 5.88. The zero-order valence-corrected chi connectivity index (χ0v) is 20.1. The van der Waals surface area contributed by atoms with E-state index >= 15 is 0 Å². The second-order valence-electron chi connectivity index (χ2n) is 11.2. The van der Waals surface area contributed by atoms with Gasteiger partial charge in [-0.25, -0.2) is 9.78 Å². The average Bonchev–Trinajstić information content (AvgIpc) is 2.71. The first kappa shape index (κ1) is 22.6. The van der Waals surface area contributed by atoms with E-state index in [1.54, 1.807) is 10.6 Å². The minimum atomic E-state index is -1.24. The Hall–Kier alpha value is -2.21. The molecule has 1 N–H and O–H groups in total. The molecule has 0 amide bonds. The molecule has 2 saturated heterocycles. The van der Waals surface area contributed by atoms with Crippen LogP contribution in [0.25, 0.3) is 11.0 Å². The van der Waals surface area contributed by atoms with Gasteiger partial charge in [0.05, 0.1) is 11.0 Å². The summed E-state index contributed by atoms with van der Waals surface area (Å²) in [4.78, 5) is 32.0. The van der Waals surface area contributed by atoms with E-state index in [1.165, 1.54) is 38.5 Å². The van der Waals surface area contributed by atoms with E-state index in [4.69, 9.17) is 0 Å². The molecule has 0 radical (unpaired) electrons. The molecule has 0 spiro atoms. The number of aromatic carboxylic acids is 1. The summed E-state index contributed by atoms with van der Waals surface area (Å²) in [6.07, 6.45) is 9.40. The summed E-state index contributed by atoms with van der Waals surface area (Å²) in [6.45, 7) is 7.07. The molecule has 1 aromatic carbocycles. The SMILES string of the molecule is CC(C)CC(C)C1CC(N2[C@@H]3CCC[C@H]2CC(n2c(=O)c(C(=O)O)nc4ccccc42)C3)C1. The van der Waals surface area contributed by atoms with Gasteiger partial charge in [0.2, 0.25) is 5.69 Å². The third kappa shape index (κ3) is 4.11. The van der Waals surface area contributed by atoms with Gasteiger partial charge < -0.3 is 9.67 Å². The van der Waals surface area contributed by atoms with Gasteiger partial charge in [-0.2, -0.15) is 0 Å². The van der Waals surface area contributed by atoms with Crippen molar-refractivity contribution < 1.29 is 9.90 Å². The molecule has 3 fully saturated rings. The highest BCUT2D eigenvalue weighted by Crippen LogP contribution is 2.47. The highest BCUT2D eigenvalue weighted by atomic mass is 16.4. The van der Waals surface area contributed by atoms with Crippen molar-refractivity contribution in [2.75, 3.05) is 0 Å². The number of aromatic nitrogens is 2. The molecule has 178 valence electrons. The van der Waals surface area contributed by atoms with E-state index in [9.17, 15) is 14.7 Å². The number of piperidine rings is 2. The molecule has 5 rings (SSSR count). The molecular weight excluding hydrogens is 414 g/mol. The highest BCUT2D eigenvalue weighted by Gasteiger charge is 2.47. The van der Waals surface area contributed by atoms with E-state index in [2.05, 4.69) is 30.7 Å². The van der Waals surface area contributed by atoms with E-state index in [1.807, 2.05) is 18.2 Å². The Labute approximate surface area is 196 Å². The fraction of sp³-hybridized carbons (Fsp3) is 0.667. The van der Waals surface area contributed by atoms with Crippen molar-refractivity contribution in [1.82, 2.24) is 14.5 Å². The first-order valence-corrected chi connectivity index (χ1v) is 12.9. The molecule has 6 nitrogen and oxygen atoms in total. The normalized spacial score (nSPS) is 30.8. The number of carbonyl (C=O) groups is 1. The Morgan fingerprint density at radius 2 is 1.70 bits per heavy atom. The summed E-state index contributed by atoms with van der Waals surface area (Å²) in [7, 11) is 0. The fourth-order valence-electron chi connectivity index (χ4n) is 7.13. The molecule has 3 aliphatic rings. The lowest BCUT2D eigenvalue weighted by Crippen LogP contribution is -2.60. The fourth-order valence-corrected chi connectivity index (χ4v) is 7.13. The number of nitrogens with zero attached hydrogens (tertiary/aromatic N) is 3. The van der Waals surface area contributed by atoms with Gasteiger partial charge >= 0.3 is 5.97 Å². The zero-order valence-electron chi connectivity index (χ0n) is 20.1. The van der Waals surface area contributed by atoms with Gasteiger partial charge in [0.15, 0.2) is 0 Å². The van der Waals surface area contributed by atoms with Crippen molar-refractivity contribution >= 4 is 17.0 Å². The molecule has 6 heteroatoms. The molecule has 3 heterocycles. The molecule has 2 aromatic rings. The van der Waals surface area contributed by atoms with Crippen molar-refractivity contribution in [3.63, 3.8) is 0 Å². The van der Waals surface area contributed by atoms with Gasteiger partial charge in [-0.05, 0) is 74.8 Å². The van der Waals surface area contributed by atoms with Gasteiger partial charge in [-0.3, -0.25) is 9.69 Å². The Bertz CT molecular complexity index is 1070. The Morgan fingerprint density at radius 1 is 1.03 bits per heavy atom. The van der Waals surface area contributed by atoms with Gasteiger partial charge in [0.25, 0.3) is 5.56 Å². The van der Waals surface area contributed by atoms with Gasteiger partial charge in [-0.1, -0.05) is 39.3 Å². The maximum atomic E-state index is 13.2. The smallest absolute Gasteiger partial charge is 0.360 e. The van der Waals surface area contributed by atoms with Crippen LogP contribution in [-0.2, 0) is 0 Å². The van der Waals surface area contributed by atoms with Gasteiger partial charge in [-0.15, -0.1) is 0 Å². The standard InChI is InChI=1S/C27H37N3O3/c1-16(2)11-17(3)18-12-21(13-18)29-19-7-6-8-20(29)15-22(14-19)30-24-10-5-4-9-23(24)28-25(26(30)31)27(32)33/h4-5,9-10,16-22H,6-8,11-15H2,1-3H3,(H,32,33)/t17?,18?,19-,20+,21?,22?. The van der Waals surface area contributed by atoms with Crippen molar-refractivity contribution in [2.24, 2.45) is 17.8 Å². The maximum Gasteiger partial charge on any atom is 0.360 e. The van der Waals surface area contributed by atoms with Crippen LogP contribution < -0.4 is 5.56 Å². The molecular formula is C27H37N3O3. The quantitative estimate of drug-likeness (QED) is 0.660. The van der Waals surface area contributed by atoms with E-state index < -0.39 is 11.5 Å². The maximum absolute atomic E-state index is 13.2.